The lowest BCUT2D eigenvalue weighted by atomic mass is 10.2. The van der Waals surface area contributed by atoms with Gasteiger partial charge in [-0.1, -0.05) is 48.4 Å². The minimum atomic E-state index is -0.169. The van der Waals surface area contributed by atoms with Gasteiger partial charge in [-0.2, -0.15) is 9.36 Å². The molecule has 0 aliphatic carbocycles. The number of hydrogen-bond acceptors (Lipinski definition) is 6. The average molecular weight is 404 g/mol. The molecule has 0 spiro atoms. The van der Waals surface area contributed by atoms with Crippen molar-refractivity contribution in [3.63, 3.8) is 0 Å². The number of para-hydroxylation sites is 1. The molecule has 1 aliphatic rings. The number of carbonyl (C=O) groups is 1. The van der Waals surface area contributed by atoms with Crippen LogP contribution in [0.4, 0.5) is 5.13 Å². The number of methoxy groups -OCH3 is 1. The molecule has 0 bridgehead atoms. The molecule has 4 rings (SSSR count). The van der Waals surface area contributed by atoms with Crippen LogP contribution >= 0.6 is 11.5 Å². The summed E-state index contributed by atoms with van der Waals surface area (Å²) >= 11 is 1.39. The molecule has 2 aromatic carbocycles. The van der Waals surface area contributed by atoms with Crippen molar-refractivity contribution >= 4 is 22.6 Å². The molecule has 3 aromatic rings. The Morgan fingerprint density at radius 2 is 1.76 bits per heavy atom. The van der Waals surface area contributed by atoms with E-state index in [0.717, 1.165) is 16.5 Å². The van der Waals surface area contributed by atoms with Crippen molar-refractivity contribution in [2.75, 3.05) is 38.2 Å². The van der Waals surface area contributed by atoms with E-state index in [9.17, 15) is 4.79 Å². The Morgan fingerprint density at radius 3 is 2.52 bits per heavy atom. The minimum absolute atomic E-state index is 0.169. The maximum Gasteiger partial charge on any atom is 0.298 e. The van der Waals surface area contributed by atoms with E-state index in [-0.39, 0.29) is 5.91 Å². The lowest BCUT2D eigenvalue weighted by Gasteiger charge is -2.33. The van der Waals surface area contributed by atoms with Gasteiger partial charge in [0.15, 0.2) is 5.82 Å². The van der Waals surface area contributed by atoms with Gasteiger partial charge in [0, 0.05) is 49.2 Å². The van der Waals surface area contributed by atoms with Gasteiger partial charge in [0.1, 0.15) is 5.75 Å². The highest BCUT2D eigenvalue weighted by Crippen LogP contribution is 2.24. The number of carbonyl (C=O) groups excluding carboxylic acids is 1. The summed E-state index contributed by atoms with van der Waals surface area (Å²) in [6.45, 7) is 2.65. The van der Waals surface area contributed by atoms with Gasteiger partial charge in [-0.05, 0) is 12.1 Å². The van der Waals surface area contributed by atoms with Gasteiger partial charge in [0.2, 0.25) is 5.13 Å². The number of piperazine rings is 1. The first-order chi connectivity index (χ1) is 14.2. The number of ether oxygens (including phenoxy) is 1. The lowest BCUT2D eigenvalue weighted by molar-refractivity contribution is -0.125. The van der Waals surface area contributed by atoms with Gasteiger partial charge in [0.25, 0.3) is 5.91 Å². The largest absolute Gasteiger partial charge is 0.495 e. The molecule has 7 heteroatoms. The normalized spacial score (nSPS) is 13.6. The standard InChI is InChI=1S/C22H20N4O2S/c1-28-19-10-6-5-7-17(19)11-12-20(27)25-13-15-26(16-14-25)22-23-21(24-29-22)18-8-3-2-4-9-18/h2-10H,13-16H2,1H3. The second-order valence-electron chi connectivity index (χ2n) is 6.50. The van der Waals surface area contributed by atoms with Gasteiger partial charge in [-0.15, -0.1) is 0 Å². The van der Waals surface area contributed by atoms with E-state index >= 15 is 0 Å². The summed E-state index contributed by atoms with van der Waals surface area (Å²) in [5, 5.41) is 0.885. The van der Waals surface area contributed by atoms with Crippen LogP contribution in [-0.4, -0.2) is 53.5 Å². The Bertz CT molecular complexity index is 1050. The molecule has 0 atom stereocenters. The summed E-state index contributed by atoms with van der Waals surface area (Å²) in [7, 11) is 1.60. The van der Waals surface area contributed by atoms with E-state index < -0.39 is 0 Å². The molecule has 1 aromatic heterocycles. The molecule has 2 heterocycles. The van der Waals surface area contributed by atoms with Gasteiger partial charge >= 0.3 is 0 Å². The zero-order valence-electron chi connectivity index (χ0n) is 16.0. The molecule has 1 amide bonds. The number of rotatable bonds is 3. The summed E-state index contributed by atoms with van der Waals surface area (Å²) < 4.78 is 9.74. The summed E-state index contributed by atoms with van der Waals surface area (Å²) in [4.78, 5) is 21.1. The van der Waals surface area contributed by atoms with Crippen LogP contribution in [0.25, 0.3) is 11.4 Å². The third-order valence-electron chi connectivity index (χ3n) is 4.70. The van der Waals surface area contributed by atoms with Crippen molar-refractivity contribution < 1.29 is 9.53 Å². The van der Waals surface area contributed by atoms with E-state index in [4.69, 9.17) is 4.74 Å². The summed E-state index contributed by atoms with van der Waals surface area (Å²) in [5.41, 5.74) is 1.72. The monoisotopic (exact) mass is 404 g/mol. The van der Waals surface area contributed by atoms with Crippen molar-refractivity contribution in [3.8, 4) is 29.0 Å². The van der Waals surface area contributed by atoms with Crippen molar-refractivity contribution in [3.05, 3.63) is 60.2 Å². The number of nitrogens with zero attached hydrogens (tertiary/aromatic N) is 4. The number of benzene rings is 2. The van der Waals surface area contributed by atoms with E-state index in [1.165, 1.54) is 11.5 Å². The third kappa shape index (κ3) is 4.39. The molecule has 6 nitrogen and oxygen atoms in total. The highest BCUT2D eigenvalue weighted by atomic mass is 32.1. The van der Waals surface area contributed by atoms with Crippen LogP contribution in [0.2, 0.25) is 0 Å². The van der Waals surface area contributed by atoms with E-state index in [0.29, 0.717) is 37.5 Å². The Hall–Kier alpha value is -3.37. The lowest BCUT2D eigenvalue weighted by Crippen LogP contribution is -2.48. The topological polar surface area (TPSA) is 58.6 Å². The third-order valence-corrected chi connectivity index (χ3v) is 5.47. The predicted molar refractivity (Wildman–Crippen MR) is 114 cm³/mol. The Labute approximate surface area is 173 Å². The van der Waals surface area contributed by atoms with Crippen molar-refractivity contribution in [2.45, 2.75) is 0 Å². The maximum atomic E-state index is 12.5. The number of amides is 1. The van der Waals surface area contributed by atoms with Crippen LogP contribution in [0.15, 0.2) is 54.6 Å². The summed E-state index contributed by atoms with van der Waals surface area (Å²) in [6.07, 6.45) is 0. The molecule has 0 N–H and O–H groups in total. The molecule has 0 radical (unpaired) electrons. The summed E-state index contributed by atoms with van der Waals surface area (Å²) in [5.74, 6) is 6.91. The Kier molecular flexibility index (Phi) is 5.73. The smallest absolute Gasteiger partial charge is 0.298 e. The first kappa shape index (κ1) is 19.0. The predicted octanol–water partition coefficient (Wildman–Crippen LogP) is 2.91. The zero-order chi connectivity index (χ0) is 20.1. The fourth-order valence-corrected chi connectivity index (χ4v) is 3.84. The molecular formula is C22H20N4O2S. The van der Waals surface area contributed by atoms with Crippen LogP contribution in [-0.2, 0) is 4.79 Å². The average Bonchev–Trinajstić information content (AvgIpc) is 3.29. The molecule has 0 unspecified atom stereocenters. The van der Waals surface area contributed by atoms with Gasteiger partial charge in [-0.3, -0.25) is 4.79 Å². The fraction of sp³-hybridized carbons (Fsp3) is 0.227. The molecule has 29 heavy (non-hydrogen) atoms. The molecule has 1 fully saturated rings. The van der Waals surface area contributed by atoms with Gasteiger partial charge in [-0.25, -0.2) is 0 Å². The van der Waals surface area contributed by atoms with E-state index in [1.807, 2.05) is 54.6 Å². The molecular weight excluding hydrogens is 384 g/mol. The second kappa shape index (κ2) is 8.76. The van der Waals surface area contributed by atoms with Crippen LogP contribution in [0.1, 0.15) is 5.56 Å². The van der Waals surface area contributed by atoms with E-state index in [2.05, 4.69) is 26.1 Å². The number of anilines is 1. The molecule has 1 saturated heterocycles. The number of hydrogen-bond donors (Lipinski definition) is 0. The minimum Gasteiger partial charge on any atom is -0.495 e. The second-order valence-corrected chi connectivity index (χ2v) is 7.23. The van der Waals surface area contributed by atoms with Crippen LogP contribution < -0.4 is 9.64 Å². The molecule has 146 valence electrons. The SMILES string of the molecule is COc1ccccc1C#CC(=O)N1CCN(c2nc(-c3ccccc3)ns2)CC1. The van der Waals surface area contributed by atoms with Crippen LogP contribution in [0.5, 0.6) is 5.75 Å². The first-order valence-electron chi connectivity index (χ1n) is 9.32. The molecule has 1 aliphatic heterocycles. The Morgan fingerprint density at radius 1 is 1.03 bits per heavy atom. The van der Waals surface area contributed by atoms with Crippen molar-refractivity contribution in [1.82, 2.24) is 14.3 Å². The van der Waals surface area contributed by atoms with Crippen molar-refractivity contribution in [1.29, 1.82) is 0 Å². The Balaban J connectivity index is 1.37. The van der Waals surface area contributed by atoms with Gasteiger partial charge in [0.05, 0.1) is 12.7 Å². The summed E-state index contributed by atoms with van der Waals surface area (Å²) in [6, 6.07) is 17.4. The maximum absolute atomic E-state index is 12.5. The first-order valence-corrected chi connectivity index (χ1v) is 10.1. The van der Waals surface area contributed by atoms with E-state index in [1.54, 1.807) is 12.0 Å². The van der Waals surface area contributed by atoms with Gasteiger partial charge < -0.3 is 14.5 Å². The van der Waals surface area contributed by atoms with Crippen molar-refractivity contribution in [2.24, 2.45) is 0 Å². The van der Waals surface area contributed by atoms with Crippen LogP contribution in [0, 0.1) is 11.8 Å². The highest BCUT2D eigenvalue weighted by molar-refractivity contribution is 7.09. The van der Waals surface area contributed by atoms with Crippen LogP contribution in [0.3, 0.4) is 0 Å². The molecule has 0 saturated carbocycles. The fourth-order valence-electron chi connectivity index (χ4n) is 3.10. The number of aromatic nitrogens is 2. The quantitative estimate of drug-likeness (QED) is 0.629. The highest BCUT2D eigenvalue weighted by Gasteiger charge is 2.22. The zero-order valence-corrected chi connectivity index (χ0v) is 16.9.